The molecule has 0 aliphatic carbocycles. The quantitative estimate of drug-likeness (QED) is 0.670. The van der Waals surface area contributed by atoms with E-state index in [2.05, 4.69) is 26.5 Å². The van der Waals surface area contributed by atoms with Crippen molar-refractivity contribution in [3.63, 3.8) is 0 Å². The Morgan fingerprint density at radius 2 is 2.05 bits per heavy atom. The second kappa shape index (κ2) is 7.31. The van der Waals surface area contributed by atoms with E-state index >= 15 is 0 Å². The lowest BCUT2D eigenvalue weighted by molar-refractivity contribution is 0.367. The van der Waals surface area contributed by atoms with Crippen LogP contribution in [0.2, 0.25) is 0 Å². The number of nitrogens with zero attached hydrogens (tertiary/aromatic N) is 2. The normalized spacial score (nSPS) is 10.2. The van der Waals surface area contributed by atoms with Crippen molar-refractivity contribution in [2.75, 3.05) is 12.0 Å². The number of hydrogen-bond acceptors (Lipinski definition) is 4. The highest BCUT2D eigenvalue weighted by molar-refractivity contribution is 9.10. The summed E-state index contributed by atoms with van der Waals surface area (Å²) in [6.07, 6.45) is 1.66. The first kappa shape index (κ1) is 14.1. The van der Waals surface area contributed by atoms with Crippen molar-refractivity contribution in [3.8, 4) is 11.8 Å². The first-order valence-electron chi connectivity index (χ1n) is 5.93. The first-order valence-corrected chi connectivity index (χ1v) is 6.72. The van der Waals surface area contributed by atoms with Gasteiger partial charge in [-0.05, 0) is 30.3 Å². The summed E-state index contributed by atoms with van der Waals surface area (Å²) in [5, 5.41) is 12.7. The molecule has 2 rings (SSSR count). The van der Waals surface area contributed by atoms with Gasteiger partial charge in [0.1, 0.15) is 11.8 Å². The number of para-hydroxylation sites is 1. The number of benzene rings is 2. The Bertz CT molecular complexity index is 635. The fraction of sp³-hybridized carbons (Fsp3) is 0.0667. The molecule has 4 nitrogen and oxygen atoms in total. The van der Waals surface area contributed by atoms with Crippen molar-refractivity contribution in [2.24, 2.45) is 5.10 Å². The van der Waals surface area contributed by atoms with Crippen molar-refractivity contribution in [3.05, 3.63) is 58.6 Å². The number of hydrogen-bond donors (Lipinski definition) is 1. The van der Waals surface area contributed by atoms with Gasteiger partial charge < -0.3 is 4.74 Å². The molecule has 100 valence electrons. The van der Waals surface area contributed by atoms with Crippen molar-refractivity contribution >= 4 is 27.8 Å². The van der Waals surface area contributed by atoms with Gasteiger partial charge in [-0.3, -0.25) is 5.43 Å². The van der Waals surface area contributed by atoms with Gasteiger partial charge >= 0.3 is 0 Å². The van der Waals surface area contributed by atoms with Crippen LogP contribution in [-0.2, 0) is 0 Å². The van der Waals surface area contributed by atoms with E-state index in [1.54, 1.807) is 12.3 Å². The summed E-state index contributed by atoms with van der Waals surface area (Å²) in [6.45, 7) is 0.00852. The minimum Gasteiger partial charge on any atom is -0.478 e. The number of ether oxygens (including phenoxy) is 1. The number of nitriles is 1. The molecule has 0 aliphatic rings. The number of hydrazone groups is 1. The van der Waals surface area contributed by atoms with Crippen LogP contribution in [0.4, 0.5) is 5.69 Å². The van der Waals surface area contributed by atoms with Crippen LogP contribution in [-0.4, -0.2) is 12.8 Å². The van der Waals surface area contributed by atoms with Crippen LogP contribution in [0.1, 0.15) is 5.56 Å². The first-order chi connectivity index (χ1) is 9.79. The van der Waals surface area contributed by atoms with Crippen molar-refractivity contribution < 1.29 is 4.74 Å². The Hall–Kier alpha value is -2.32. The van der Waals surface area contributed by atoms with E-state index in [4.69, 9.17) is 10.00 Å². The molecule has 0 bridgehead atoms. The van der Waals surface area contributed by atoms with E-state index in [0.29, 0.717) is 5.75 Å². The minimum absolute atomic E-state index is 0.00852. The molecule has 0 amide bonds. The van der Waals surface area contributed by atoms with E-state index in [9.17, 15) is 0 Å². The summed E-state index contributed by atoms with van der Waals surface area (Å²) in [7, 11) is 0. The lowest BCUT2D eigenvalue weighted by atomic mass is 10.2. The monoisotopic (exact) mass is 329 g/mol. The molecular weight excluding hydrogens is 318 g/mol. The molecule has 1 N–H and O–H groups in total. The average Bonchev–Trinajstić information content (AvgIpc) is 2.47. The smallest absolute Gasteiger partial charge is 0.174 e. The summed E-state index contributed by atoms with van der Waals surface area (Å²) in [5.41, 5.74) is 4.62. The van der Waals surface area contributed by atoms with Gasteiger partial charge in [0.15, 0.2) is 6.61 Å². The average molecular weight is 330 g/mol. The predicted molar refractivity (Wildman–Crippen MR) is 82.9 cm³/mol. The number of rotatable bonds is 5. The van der Waals surface area contributed by atoms with Crippen molar-refractivity contribution in [2.45, 2.75) is 0 Å². The van der Waals surface area contributed by atoms with Crippen LogP contribution < -0.4 is 10.2 Å². The summed E-state index contributed by atoms with van der Waals surface area (Å²) < 4.78 is 6.26. The van der Waals surface area contributed by atoms with E-state index < -0.39 is 0 Å². The van der Waals surface area contributed by atoms with E-state index in [-0.39, 0.29) is 6.61 Å². The molecule has 0 spiro atoms. The van der Waals surface area contributed by atoms with Gasteiger partial charge in [-0.25, -0.2) is 0 Å². The number of halogens is 1. The molecule has 2 aromatic carbocycles. The maximum absolute atomic E-state index is 8.57. The fourth-order valence-electron chi connectivity index (χ4n) is 1.55. The Balaban J connectivity index is 2.11. The summed E-state index contributed by atoms with van der Waals surface area (Å²) >= 11 is 3.40. The molecule has 0 atom stereocenters. The zero-order valence-corrected chi connectivity index (χ0v) is 12.2. The van der Waals surface area contributed by atoms with Gasteiger partial charge in [-0.1, -0.05) is 34.1 Å². The molecule has 0 radical (unpaired) electrons. The molecule has 0 aromatic heterocycles. The van der Waals surface area contributed by atoms with Gasteiger partial charge in [-0.15, -0.1) is 0 Å². The van der Waals surface area contributed by atoms with Crippen LogP contribution >= 0.6 is 15.9 Å². The highest BCUT2D eigenvalue weighted by atomic mass is 79.9. The second-order valence-electron chi connectivity index (χ2n) is 3.86. The third-order valence-corrected chi connectivity index (χ3v) is 2.93. The maximum Gasteiger partial charge on any atom is 0.174 e. The SMILES string of the molecule is N#CCOc1ccc(Br)cc1C=NNc1ccccc1. The van der Waals surface area contributed by atoms with E-state index in [1.165, 1.54) is 0 Å². The lowest BCUT2D eigenvalue weighted by Gasteiger charge is -2.06. The van der Waals surface area contributed by atoms with Gasteiger partial charge in [0.25, 0.3) is 0 Å². The van der Waals surface area contributed by atoms with E-state index in [1.807, 2.05) is 48.5 Å². The molecule has 20 heavy (non-hydrogen) atoms. The molecule has 0 saturated heterocycles. The Kier molecular flexibility index (Phi) is 5.15. The third kappa shape index (κ3) is 4.11. The Morgan fingerprint density at radius 3 is 2.80 bits per heavy atom. The highest BCUT2D eigenvalue weighted by Gasteiger charge is 2.02. The van der Waals surface area contributed by atoms with Crippen LogP contribution in [0.3, 0.4) is 0 Å². The molecule has 0 unspecified atom stereocenters. The highest BCUT2D eigenvalue weighted by Crippen LogP contribution is 2.21. The summed E-state index contributed by atoms with van der Waals surface area (Å²) in [6, 6.07) is 17.1. The molecule has 2 aromatic rings. The molecular formula is C15H12BrN3O. The van der Waals surface area contributed by atoms with Crippen molar-refractivity contribution in [1.82, 2.24) is 0 Å². The van der Waals surface area contributed by atoms with Crippen LogP contribution in [0.5, 0.6) is 5.75 Å². The van der Waals surface area contributed by atoms with Gasteiger partial charge in [0, 0.05) is 10.0 Å². The Labute approximate surface area is 125 Å². The topological polar surface area (TPSA) is 57.4 Å². The van der Waals surface area contributed by atoms with Crippen LogP contribution in [0.15, 0.2) is 58.1 Å². The van der Waals surface area contributed by atoms with Gasteiger partial charge in [0.2, 0.25) is 0 Å². The second-order valence-corrected chi connectivity index (χ2v) is 4.78. The largest absolute Gasteiger partial charge is 0.478 e. The molecule has 0 aliphatic heterocycles. The molecule has 5 heteroatoms. The summed E-state index contributed by atoms with van der Waals surface area (Å²) in [4.78, 5) is 0. The predicted octanol–water partition coefficient (Wildman–Crippen LogP) is 3.80. The van der Waals surface area contributed by atoms with Gasteiger partial charge in [0.05, 0.1) is 11.9 Å². The Morgan fingerprint density at radius 1 is 1.25 bits per heavy atom. The van der Waals surface area contributed by atoms with Gasteiger partial charge in [-0.2, -0.15) is 10.4 Å². The summed E-state index contributed by atoms with van der Waals surface area (Å²) in [5.74, 6) is 0.619. The molecule has 0 fully saturated rings. The maximum atomic E-state index is 8.57. The lowest BCUT2D eigenvalue weighted by Crippen LogP contribution is -1.98. The van der Waals surface area contributed by atoms with Crippen molar-refractivity contribution in [1.29, 1.82) is 5.26 Å². The van der Waals surface area contributed by atoms with Crippen LogP contribution in [0, 0.1) is 11.3 Å². The molecule has 0 heterocycles. The number of nitrogens with one attached hydrogen (secondary N) is 1. The zero-order valence-electron chi connectivity index (χ0n) is 10.6. The van der Waals surface area contributed by atoms with Crippen LogP contribution in [0.25, 0.3) is 0 Å². The third-order valence-electron chi connectivity index (χ3n) is 2.44. The number of anilines is 1. The standard InChI is InChI=1S/C15H12BrN3O/c16-13-6-7-15(20-9-8-17)12(10-13)11-18-19-14-4-2-1-3-5-14/h1-7,10-11,19H,9H2. The zero-order chi connectivity index (χ0) is 14.2. The fourth-order valence-corrected chi connectivity index (χ4v) is 1.93. The van der Waals surface area contributed by atoms with E-state index in [0.717, 1.165) is 15.7 Å². The minimum atomic E-state index is 0.00852. The molecule has 0 saturated carbocycles.